The smallest absolute Gasteiger partial charge is 0.254 e. The number of benzene rings is 1. The van der Waals surface area contributed by atoms with Gasteiger partial charge in [0.1, 0.15) is 0 Å². The van der Waals surface area contributed by atoms with Gasteiger partial charge >= 0.3 is 0 Å². The lowest BCUT2D eigenvalue weighted by Gasteiger charge is -2.35. The number of nitrogens with zero attached hydrogens (tertiary/aromatic N) is 3. The number of aromatic nitrogens is 2. The fraction of sp³-hybridized carbons (Fsp3) is 0.444. The molecule has 2 aliphatic rings. The summed E-state index contributed by atoms with van der Waals surface area (Å²) < 4.78 is 18.4. The van der Waals surface area contributed by atoms with Gasteiger partial charge in [-0.05, 0) is 25.1 Å². The Morgan fingerprint density at radius 1 is 1.36 bits per heavy atom. The topological polar surface area (TPSA) is 65.8 Å². The first-order valence-electron chi connectivity index (χ1n) is 8.44. The molecule has 0 spiro atoms. The largest absolute Gasteiger partial charge is 0.454 e. The van der Waals surface area contributed by atoms with Gasteiger partial charge in [-0.15, -0.1) is 0 Å². The molecule has 2 aliphatic heterocycles. The Balaban J connectivity index is 1.62. The van der Waals surface area contributed by atoms with E-state index in [1.807, 2.05) is 23.4 Å². The Morgan fingerprint density at radius 3 is 3.04 bits per heavy atom. The van der Waals surface area contributed by atoms with Crippen LogP contribution in [0.3, 0.4) is 0 Å². The second-order valence-corrected chi connectivity index (χ2v) is 6.27. The van der Waals surface area contributed by atoms with E-state index in [1.165, 1.54) is 5.69 Å². The number of aryl methyl sites for hydroxylation is 1. The number of rotatable bonds is 4. The maximum atomic E-state index is 13.1. The molecule has 1 atom stereocenters. The van der Waals surface area contributed by atoms with Gasteiger partial charge in [-0.1, -0.05) is 0 Å². The Hall–Kier alpha value is -2.54. The fourth-order valence-corrected chi connectivity index (χ4v) is 3.36. The van der Waals surface area contributed by atoms with E-state index in [-0.39, 0.29) is 18.7 Å². The standard InChI is InChI=1S/C18H21N3O4/c1-3-23-9-13-7-15-14(19-10-20(15)2)8-21(13)18(22)12-4-5-16-17(6-12)25-11-24-16/h4-6,10,13H,3,7-9,11H2,1-2H3. The number of hydrogen-bond donors (Lipinski definition) is 0. The molecule has 132 valence electrons. The summed E-state index contributed by atoms with van der Waals surface area (Å²) in [6, 6.07) is 5.29. The van der Waals surface area contributed by atoms with Crippen LogP contribution in [0.1, 0.15) is 28.7 Å². The molecule has 0 aliphatic carbocycles. The zero-order chi connectivity index (χ0) is 17.4. The SMILES string of the molecule is CCOCC1Cc2c(ncn2C)CN1C(=O)c1ccc2c(c1)OCO2. The van der Waals surface area contributed by atoms with Gasteiger partial charge in [0.2, 0.25) is 6.79 Å². The van der Waals surface area contributed by atoms with E-state index in [0.29, 0.717) is 36.8 Å². The van der Waals surface area contributed by atoms with Crippen LogP contribution in [0.5, 0.6) is 11.5 Å². The third-order valence-corrected chi connectivity index (χ3v) is 4.73. The van der Waals surface area contributed by atoms with Crippen molar-refractivity contribution in [1.29, 1.82) is 0 Å². The van der Waals surface area contributed by atoms with Gasteiger partial charge in [0, 0.05) is 31.3 Å². The van der Waals surface area contributed by atoms with Gasteiger partial charge in [-0.25, -0.2) is 4.98 Å². The minimum atomic E-state index is -0.0423. The first kappa shape index (κ1) is 16.0. The summed E-state index contributed by atoms with van der Waals surface area (Å²) in [6.45, 7) is 3.78. The van der Waals surface area contributed by atoms with Gasteiger partial charge in [-0.3, -0.25) is 4.79 Å². The third-order valence-electron chi connectivity index (χ3n) is 4.73. The van der Waals surface area contributed by atoms with E-state index in [9.17, 15) is 4.79 Å². The van der Waals surface area contributed by atoms with E-state index >= 15 is 0 Å². The second-order valence-electron chi connectivity index (χ2n) is 6.27. The van der Waals surface area contributed by atoms with E-state index in [4.69, 9.17) is 14.2 Å². The molecule has 0 fully saturated rings. The molecule has 25 heavy (non-hydrogen) atoms. The number of imidazole rings is 1. The number of amides is 1. The Morgan fingerprint density at radius 2 is 2.20 bits per heavy atom. The van der Waals surface area contributed by atoms with Crippen molar-refractivity contribution in [3.8, 4) is 11.5 Å². The maximum Gasteiger partial charge on any atom is 0.254 e. The molecular formula is C18H21N3O4. The van der Waals surface area contributed by atoms with Crippen LogP contribution in [0.2, 0.25) is 0 Å². The van der Waals surface area contributed by atoms with Gasteiger partial charge in [0.25, 0.3) is 5.91 Å². The molecule has 1 unspecified atom stereocenters. The first-order chi connectivity index (χ1) is 12.2. The quantitative estimate of drug-likeness (QED) is 0.846. The average Bonchev–Trinajstić information content (AvgIpc) is 3.24. The van der Waals surface area contributed by atoms with E-state index in [1.54, 1.807) is 24.5 Å². The van der Waals surface area contributed by atoms with E-state index < -0.39 is 0 Å². The van der Waals surface area contributed by atoms with Gasteiger partial charge in [-0.2, -0.15) is 0 Å². The highest BCUT2D eigenvalue weighted by molar-refractivity contribution is 5.95. The third kappa shape index (κ3) is 2.84. The fourth-order valence-electron chi connectivity index (χ4n) is 3.36. The summed E-state index contributed by atoms with van der Waals surface area (Å²) in [4.78, 5) is 19.4. The second kappa shape index (κ2) is 6.40. The first-order valence-corrected chi connectivity index (χ1v) is 8.44. The molecule has 0 radical (unpaired) electrons. The van der Waals surface area contributed by atoms with Crippen molar-refractivity contribution in [2.45, 2.75) is 25.9 Å². The highest BCUT2D eigenvalue weighted by atomic mass is 16.7. The van der Waals surface area contributed by atoms with Crippen molar-refractivity contribution in [2.24, 2.45) is 7.05 Å². The van der Waals surface area contributed by atoms with Gasteiger partial charge < -0.3 is 23.7 Å². The van der Waals surface area contributed by atoms with Crippen molar-refractivity contribution in [3.05, 3.63) is 41.5 Å². The summed E-state index contributed by atoms with van der Waals surface area (Å²) >= 11 is 0. The lowest BCUT2D eigenvalue weighted by Crippen LogP contribution is -2.47. The average molecular weight is 343 g/mol. The van der Waals surface area contributed by atoms with Crippen molar-refractivity contribution in [1.82, 2.24) is 14.5 Å². The maximum absolute atomic E-state index is 13.1. The predicted molar refractivity (Wildman–Crippen MR) is 89.6 cm³/mol. The minimum absolute atomic E-state index is 0.0132. The van der Waals surface area contributed by atoms with Crippen LogP contribution in [0, 0.1) is 0 Å². The molecule has 1 aromatic carbocycles. The molecule has 7 heteroatoms. The number of carbonyl (C=O) groups is 1. The molecule has 0 saturated carbocycles. The van der Waals surface area contributed by atoms with Crippen molar-refractivity contribution < 1.29 is 19.0 Å². The molecule has 4 rings (SSSR count). The molecule has 1 aromatic heterocycles. The molecule has 3 heterocycles. The van der Waals surface area contributed by atoms with Crippen molar-refractivity contribution in [3.63, 3.8) is 0 Å². The van der Waals surface area contributed by atoms with Crippen molar-refractivity contribution in [2.75, 3.05) is 20.0 Å². The summed E-state index contributed by atoms with van der Waals surface area (Å²) in [5.74, 6) is 1.25. The van der Waals surface area contributed by atoms with E-state index in [2.05, 4.69) is 4.98 Å². The van der Waals surface area contributed by atoms with Crippen LogP contribution in [0.25, 0.3) is 0 Å². The summed E-state index contributed by atoms with van der Waals surface area (Å²) in [7, 11) is 1.99. The monoisotopic (exact) mass is 343 g/mol. The van der Waals surface area contributed by atoms with Crippen LogP contribution in [0.15, 0.2) is 24.5 Å². The van der Waals surface area contributed by atoms with Crippen LogP contribution < -0.4 is 9.47 Å². The van der Waals surface area contributed by atoms with Gasteiger partial charge in [0.15, 0.2) is 11.5 Å². The number of hydrogen-bond acceptors (Lipinski definition) is 5. The van der Waals surface area contributed by atoms with Crippen molar-refractivity contribution >= 4 is 5.91 Å². The lowest BCUT2D eigenvalue weighted by molar-refractivity contribution is 0.0387. The molecular weight excluding hydrogens is 322 g/mol. The van der Waals surface area contributed by atoms with Crippen LogP contribution in [-0.2, 0) is 24.8 Å². The van der Waals surface area contributed by atoms with E-state index in [0.717, 1.165) is 12.1 Å². The zero-order valence-corrected chi connectivity index (χ0v) is 14.4. The zero-order valence-electron chi connectivity index (χ0n) is 14.4. The number of fused-ring (bicyclic) bond motifs is 2. The Bertz CT molecular complexity index is 802. The highest BCUT2D eigenvalue weighted by Gasteiger charge is 2.33. The predicted octanol–water partition coefficient (Wildman–Crippen LogP) is 1.75. The molecule has 7 nitrogen and oxygen atoms in total. The minimum Gasteiger partial charge on any atom is -0.454 e. The normalized spacial score (nSPS) is 18.3. The summed E-state index contributed by atoms with van der Waals surface area (Å²) in [6.07, 6.45) is 2.54. The van der Waals surface area contributed by atoms with Crippen LogP contribution >= 0.6 is 0 Å². The van der Waals surface area contributed by atoms with Crippen LogP contribution in [-0.4, -0.2) is 46.4 Å². The molecule has 2 aromatic rings. The Kier molecular flexibility index (Phi) is 4.09. The number of ether oxygens (including phenoxy) is 3. The summed E-state index contributed by atoms with van der Waals surface area (Å²) in [5, 5.41) is 0. The molecule has 0 saturated heterocycles. The van der Waals surface area contributed by atoms with Crippen LogP contribution in [0.4, 0.5) is 0 Å². The Labute approximate surface area is 146 Å². The summed E-state index contributed by atoms with van der Waals surface area (Å²) in [5.41, 5.74) is 2.70. The van der Waals surface area contributed by atoms with Gasteiger partial charge in [0.05, 0.1) is 31.2 Å². The lowest BCUT2D eigenvalue weighted by atomic mass is 10.0. The molecule has 0 N–H and O–H groups in total. The highest BCUT2D eigenvalue weighted by Crippen LogP contribution is 2.33. The molecule has 1 amide bonds. The molecule has 0 bridgehead atoms. The number of carbonyl (C=O) groups excluding carboxylic acids is 1.